The van der Waals surface area contributed by atoms with Crippen LogP contribution in [-0.2, 0) is 4.79 Å². The van der Waals surface area contributed by atoms with Crippen LogP contribution in [-0.4, -0.2) is 29.2 Å². The number of unbranched alkanes of at least 4 members (excludes halogenated alkanes) is 1. The van der Waals surface area contributed by atoms with Crippen molar-refractivity contribution in [2.24, 2.45) is 5.73 Å². The SMILES string of the molecule is C=C(c1ccc(Cl)cc1)c1ccc(OC(C)(C)C(=O)N[C@@H](CCCCN)C(=C)O)cc1. The van der Waals surface area contributed by atoms with Crippen LogP contribution in [0.4, 0.5) is 0 Å². The van der Waals surface area contributed by atoms with Crippen molar-refractivity contribution >= 4 is 23.1 Å². The number of aliphatic hydroxyl groups excluding tert-OH is 1. The molecule has 0 aliphatic carbocycles. The molecular weight excluding hydrogens is 412 g/mol. The van der Waals surface area contributed by atoms with Crippen LogP contribution in [0.5, 0.6) is 5.75 Å². The summed E-state index contributed by atoms with van der Waals surface area (Å²) in [7, 11) is 0. The van der Waals surface area contributed by atoms with E-state index in [4.69, 9.17) is 22.1 Å². The molecule has 0 unspecified atom stereocenters. The summed E-state index contributed by atoms with van der Waals surface area (Å²) in [5.74, 6) is 0.136. The maximum atomic E-state index is 12.8. The Labute approximate surface area is 189 Å². The molecule has 0 radical (unpaired) electrons. The van der Waals surface area contributed by atoms with Crippen LogP contribution in [0.25, 0.3) is 5.57 Å². The van der Waals surface area contributed by atoms with Crippen LogP contribution in [0.1, 0.15) is 44.2 Å². The second-order valence-electron chi connectivity index (χ2n) is 7.92. The molecule has 2 aromatic carbocycles. The number of carbonyl (C=O) groups excluding carboxylic acids is 1. The van der Waals surface area contributed by atoms with Crippen molar-refractivity contribution in [3.63, 3.8) is 0 Å². The Morgan fingerprint density at radius 3 is 2.16 bits per heavy atom. The Kier molecular flexibility index (Phi) is 8.72. The highest BCUT2D eigenvalue weighted by atomic mass is 35.5. The van der Waals surface area contributed by atoms with Gasteiger partial charge in [0.05, 0.1) is 6.04 Å². The van der Waals surface area contributed by atoms with Crippen molar-refractivity contribution in [1.82, 2.24) is 5.32 Å². The Balaban J connectivity index is 2.03. The maximum Gasteiger partial charge on any atom is 0.264 e. The fourth-order valence-electron chi connectivity index (χ4n) is 3.03. The van der Waals surface area contributed by atoms with E-state index >= 15 is 0 Å². The van der Waals surface area contributed by atoms with Crippen molar-refractivity contribution in [3.8, 4) is 5.75 Å². The number of carbonyl (C=O) groups is 1. The van der Waals surface area contributed by atoms with Gasteiger partial charge in [-0.25, -0.2) is 0 Å². The van der Waals surface area contributed by atoms with Gasteiger partial charge in [-0.1, -0.05) is 49.0 Å². The number of benzene rings is 2. The van der Waals surface area contributed by atoms with Crippen LogP contribution in [0.2, 0.25) is 5.02 Å². The molecule has 0 spiro atoms. The molecule has 1 amide bonds. The minimum absolute atomic E-state index is 0.0776. The first-order valence-electron chi connectivity index (χ1n) is 10.3. The highest BCUT2D eigenvalue weighted by Crippen LogP contribution is 2.26. The van der Waals surface area contributed by atoms with Crippen LogP contribution < -0.4 is 15.8 Å². The van der Waals surface area contributed by atoms with E-state index in [1.54, 1.807) is 26.0 Å². The third-order valence-electron chi connectivity index (χ3n) is 4.97. The normalized spacial score (nSPS) is 12.1. The van der Waals surface area contributed by atoms with E-state index in [0.717, 1.165) is 29.5 Å². The first-order chi connectivity index (χ1) is 14.6. The van der Waals surface area contributed by atoms with Gasteiger partial charge in [0.1, 0.15) is 11.5 Å². The summed E-state index contributed by atoms with van der Waals surface area (Å²) >= 11 is 5.95. The molecule has 0 bridgehead atoms. The Bertz CT molecular complexity index is 905. The summed E-state index contributed by atoms with van der Waals surface area (Å²) in [6.45, 7) is 11.6. The standard InChI is InChI=1S/C25H31ClN2O3/c1-17(19-8-12-21(26)13-9-19)20-10-14-22(15-11-20)31-25(3,4)24(30)28-23(18(2)29)7-5-6-16-27/h8-15,23,29H,1-2,5-7,16,27H2,3-4H3,(H,28,30)/t23-/m0/s1. The minimum Gasteiger partial charge on any atom is -0.511 e. The highest BCUT2D eigenvalue weighted by molar-refractivity contribution is 6.30. The number of hydrogen-bond donors (Lipinski definition) is 3. The molecule has 5 nitrogen and oxygen atoms in total. The Morgan fingerprint density at radius 2 is 1.65 bits per heavy atom. The van der Waals surface area contributed by atoms with E-state index in [1.165, 1.54) is 0 Å². The highest BCUT2D eigenvalue weighted by Gasteiger charge is 2.32. The summed E-state index contributed by atoms with van der Waals surface area (Å²) in [5.41, 5.74) is 7.15. The number of nitrogens with two attached hydrogens (primary N) is 1. The number of nitrogens with one attached hydrogen (secondary N) is 1. The van der Waals surface area contributed by atoms with E-state index in [9.17, 15) is 9.90 Å². The minimum atomic E-state index is -1.14. The average Bonchev–Trinajstić information content (AvgIpc) is 2.73. The third-order valence-corrected chi connectivity index (χ3v) is 5.22. The summed E-state index contributed by atoms with van der Waals surface area (Å²) in [6.07, 6.45) is 2.16. The Morgan fingerprint density at radius 1 is 1.10 bits per heavy atom. The van der Waals surface area contributed by atoms with Gasteiger partial charge in [0.25, 0.3) is 5.91 Å². The van der Waals surface area contributed by atoms with Crippen LogP contribution >= 0.6 is 11.6 Å². The summed E-state index contributed by atoms with van der Waals surface area (Å²) in [4.78, 5) is 12.8. The second kappa shape index (κ2) is 11.0. The number of amides is 1. The lowest BCUT2D eigenvalue weighted by Crippen LogP contribution is -2.50. The number of ether oxygens (including phenoxy) is 1. The lowest BCUT2D eigenvalue weighted by atomic mass is 9.99. The van der Waals surface area contributed by atoms with Crippen LogP contribution in [0, 0.1) is 0 Å². The smallest absolute Gasteiger partial charge is 0.264 e. The van der Waals surface area contributed by atoms with Gasteiger partial charge in [0, 0.05) is 5.02 Å². The zero-order chi connectivity index (χ0) is 23.0. The molecule has 4 N–H and O–H groups in total. The molecule has 31 heavy (non-hydrogen) atoms. The number of rotatable bonds is 11. The predicted octanol–water partition coefficient (Wildman–Crippen LogP) is 5.24. The molecule has 0 aliphatic heterocycles. The van der Waals surface area contributed by atoms with Gasteiger partial charge in [-0.3, -0.25) is 4.79 Å². The van der Waals surface area contributed by atoms with E-state index in [0.29, 0.717) is 23.7 Å². The molecule has 6 heteroatoms. The van der Waals surface area contributed by atoms with Crippen molar-refractivity contribution in [2.75, 3.05) is 6.54 Å². The maximum absolute atomic E-state index is 12.8. The fraction of sp³-hybridized carbons (Fsp3) is 0.320. The molecule has 0 fully saturated rings. The lowest BCUT2D eigenvalue weighted by Gasteiger charge is -2.28. The van der Waals surface area contributed by atoms with E-state index in [2.05, 4.69) is 18.5 Å². The number of halogens is 1. The molecule has 166 valence electrons. The quantitative estimate of drug-likeness (QED) is 0.328. The average molecular weight is 443 g/mol. The first-order valence-corrected chi connectivity index (χ1v) is 10.6. The van der Waals surface area contributed by atoms with Crippen molar-refractivity contribution < 1.29 is 14.6 Å². The van der Waals surface area contributed by atoms with Crippen molar-refractivity contribution in [2.45, 2.75) is 44.8 Å². The summed E-state index contributed by atoms with van der Waals surface area (Å²) in [6, 6.07) is 14.3. The number of aliphatic hydroxyl groups is 1. The topological polar surface area (TPSA) is 84.6 Å². The molecule has 0 aliphatic rings. The second-order valence-corrected chi connectivity index (χ2v) is 8.36. The largest absolute Gasteiger partial charge is 0.511 e. The van der Waals surface area contributed by atoms with Gasteiger partial charge in [-0.15, -0.1) is 0 Å². The van der Waals surface area contributed by atoms with E-state index in [-0.39, 0.29) is 11.7 Å². The van der Waals surface area contributed by atoms with Crippen molar-refractivity contribution in [1.29, 1.82) is 0 Å². The fourth-order valence-corrected chi connectivity index (χ4v) is 3.16. The molecule has 0 saturated carbocycles. The van der Waals surface area contributed by atoms with Gasteiger partial charge in [-0.2, -0.15) is 0 Å². The molecule has 2 rings (SSSR count). The molecule has 0 heterocycles. The number of hydrogen-bond acceptors (Lipinski definition) is 4. The van der Waals surface area contributed by atoms with Crippen molar-refractivity contribution in [3.05, 3.63) is 83.6 Å². The molecule has 0 saturated heterocycles. The molecular formula is C25H31ClN2O3. The van der Waals surface area contributed by atoms with Gasteiger partial charge in [0.15, 0.2) is 5.60 Å². The van der Waals surface area contributed by atoms with Gasteiger partial charge < -0.3 is 20.9 Å². The monoisotopic (exact) mass is 442 g/mol. The van der Waals surface area contributed by atoms with E-state index < -0.39 is 11.6 Å². The summed E-state index contributed by atoms with van der Waals surface area (Å²) < 4.78 is 5.94. The Hall–Kier alpha value is -2.76. The predicted molar refractivity (Wildman–Crippen MR) is 127 cm³/mol. The molecule has 2 aromatic rings. The zero-order valence-corrected chi connectivity index (χ0v) is 18.9. The zero-order valence-electron chi connectivity index (χ0n) is 18.2. The van der Waals surface area contributed by atoms with Gasteiger partial charge in [0.2, 0.25) is 0 Å². The molecule has 1 atom stereocenters. The van der Waals surface area contributed by atoms with E-state index in [1.807, 2.05) is 36.4 Å². The summed E-state index contributed by atoms with van der Waals surface area (Å²) in [5, 5.41) is 13.3. The van der Waals surface area contributed by atoms with Gasteiger partial charge >= 0.3 is 0 Å². The third kappa shape index (κ3) is 7.16. The van der Waals surface area contributed by atoms with Crippen LogP contribution in [0.15, 0.2) is 67.4 Å². The lowest BCUT2D eigenvalue weighted by molar-refractivity contribution is -0.135. The molecule has 0 aromatic heterocycles. The van der Waals surface area contributed by atoms with Crippen LogP contribution in [0.3, 0.4) is 0 Å². The van der Waals surface area contributed by atoms with Gasteiger partial charge in [-0.05, 0) is 80.6 Å². The first kappa shape index (κ1) is 24.5.